The largest absolute Gasteiger partial charge is 0.0955 e. The first-order valence-corrected chi connectivity index (χ1v) is 3.01. The Labute approximate surface area is 64.2 Å². The average molecular weight is 129 g/mol. The van der Waals surface area contributed by atoms with Gasteiger partial charge in [-0.25, -0.2) is 0 Å². The van der Waals surface area contributed by atoms with Crippen LogP contribution in [0.25, 0.3) is 5.57 Å². The summed E-state index contributed by atoms with van der Waals surface area (Å²) in [7, 11) is 0. The van der Waals surface area contributed by atoms with E-state index in [9.17, 15) is 0 Å². The predicted octanol–water partition coefficient (Wildman–Crippen LogP) is 2.34. The zero-order valence-corrected chi connectivity index (χ0v) is 6.17. The van der Waals surface area contributed by atoms with Crippen LogP contribution in [0, 0.1) is 0 Å². The zero-order chi connectivity index (χ0) is 6.69. The Morgan fingerprint density at radius 3 is 2.00 bits per heavy atom. The van der Waals surface area contributed by atoms with Crippen molar-refractivity contribution in [1.82, 2.24) is 0 Å². The van der Waals surface area contributed by atoms with Crippen LogP contribution < -0.4 is 0 Å². The third kappa shape index (κ3) is 2.10. The van der Waals surface area contributed by atoms with Gasteiger partial charge in [-0.2, -0.15) is 0 Å². The van der Waals surface area contributed by atoms with Gasteiger partial charge < -0.3 is 0 Å². The van der Waals surface area contributed by atoms with Gasteiger partial charge in [0.05, 0.1) is 0 Å². The molecule has 0 saturated carbocycles. The summed E-state index contributed by atoms with van der Waals surface area (Å²) in [6, 6.07) is 10.2. The van der Waals surface area contributed by atoms with E-state index in [2.05, 4.69) is 18.7 Å². The van der Waals surface area contributed by atoms with Gasteiger partial charge in [-0.05, 0) is 12.5 Å². The lowest BCUT2D eigenvalue weighted by atomic mass is 10.1. The fraction of sp³-hybridized carbons (Fsp3) is 0.111. The maximum atomic E-state index is 3.83. The molecule has 0 atom stereocenters. The minimum Gasteiger partial charge on any atom is -0.0955 e. The topological polar surface area (TPSA) is 0 Å². The quantitative estimate of drug-likeness (QED) is 0.510. The molecule has 0 saturated heterocycles. The minimum absolute atomic E-state index is 0. The lowest BCUT2D eigenvalue weighted by molar-refractivity contribution is 1.58. The molecular weight excluding hydrogens is 119 g/mol. The average Bonchev–Trinajstić information content (AvgIpc) is 1.90. The molecule has 10 heavy (non-hydrogen) atoms. The predicted molar refractivity (Wildman–Crippen MR) is 46.9 cm³/mol. The van der Waals surface area contributed by atoms with E-state index in [1.807, 2.05) is 25.1 Å². The Morgan fingerprint density at radius 1 is 1.20 bits per heavy atom. The molecule has 1 rings (SSSR count). The van der Waals surface area contributed by atoms with Crippen molar-refractivity contribution in [3.63, 3.8) is 0 Å². The van der Waals surface area contributed by atoms with Gasteiger partial charge in [0.2, 0.25) is 0 Å². The summed E-state index contributed by atoms with van der Waals surface area (Å²) in [5, 5.41) is 0. The monoisotopic (exact) mass is 129 g/mol. The van der Waals surface area contributed by atoms with Gasteiger partial charge in [0.15, 0.2) is 0 Å². The number of benzene rings is 1. The Kier molecular flexibility index (Phi) is 3.56. The Balaban J connectivity index is 0.000000810. The van der Waals surface area contributed by atoms with Crippen LogP contribution in [0.5, 0.6) is 0 Å². The van der Waals surface area contributed by atoms with Gasteiger partial charge in [-0.15, -0.1) is 0 Å². The Bertz CT molecular complexity index is 201. The van der Waals surface area contributed by atoms with E-state index in [-0.39, 0.29) is 8.41 Å². The Morgan fingerprint density at radius 2 is 1.70 bits per heavy atom. The molecule has 0 aliphatic heterocycles. The first-order valence-electron chi connectivity index (χ1n) is 3.01. The first-order chi connectivity index (χ1) is 4.30. The third-order valence-electron chi connectivity index (χ3n) is 1.27. The lowest BCUT2D eigenvalue weighted by Crippen LogP contribution is -1.72. The standard InChI is InChI=1S/C9H10.B/c1-8(2)9-6-4-3-5-7-9;/h3-7H,1H2,2H3;. The summed E-state index contributed by atoms with van der Waals surface area (Å²) < 4.78 is 0. The Hall–Kier alpha value is -0.975. The molecule has 0 aliphatic carbocycles. The lowest BCUT2D eigenvalue weighted by Gasteiger charge is -1.94. The fourth-order valence-electron chi connectivity index (χ4n) is 0.723. The van der Waals surface area contributed by atoms with E-state index < -0.39 is 0 Å². The molecule has 49 valence electrons. The van der Waals surface area contributed by atoms with Gasteiger partial charge in [0.1, 0.15) is 0 Å². The maximum absolute atomic E-state index is 3.83. The summed E-state index contributed by atoms with van der Waals surface area (Å²) in [5.74, 6) is 0. The molecule has 1 heteroatoms. The number of allylic oxidation sites excluding steroid dienone is 1. The van der Waals surface area contributed by atoms with Gasteiger partial charge in [-0.1, -0.05) is 42.5 Å². The molecule has 0 bridgehead atoms. The van der Waals surface area contributed by atoms with Gasteiger partial charge in [0.25, 0.3) is 0 Å². The molecule has 0 fully saturated rings. The van der Waals surface area contributed by atoms with Crippen LogP contribution in [0.15, 0.2) is 36.9 Å². The van der Waals surface area contributed by atoms with Gasteiger partial charge in [0, 0.05) is 8.41 Å². The van der Waals surface area contributed by atoms with Crippen LogP contribution in [-0.2, 0) is 0 Å². The smallest absolute Gasteiger partial charge is 0 e. The highest BCUT2D eigenvalue weighted by molar-refractivity contribution is 5.75. The summed E-state index contributed by atoms with van der Waals surface area (Å²) in [6.45, 7) is 5.83. The second kappa shape index (κ2) is 3.94. The van der Waals surface area contributed by atoms with E-state index in [0.29, 0.717) is 0 Å². The summed E-state index contributed by atoms with van der Waals surface area (Å²) in [4.78, 5) is 0. The van der Waals surface area contributed by atoms with Crippen LogP contribution in [0.4, 0.5) is 0 Å². The van der Waals surface area contributed by atoms with E-state index in [1.165, 1.54) is 5.56 Å². The molecule has 0 nitrogen and oxygen atoms in total. The van der Waals surface area contributed by atoms with E-state index in [1.54, 1.807) is 0 Å². The van der Waals surface area contributed by atoms with Crippen molar-refractivity contribution in [1.29, 1.82) is 0 Å². The highest BCUT2D eigenvalue weighted by Gasteiger charge is 1.86. The highest BCUT2D eigenvalue weighted by Crippen LogP contribution is 2.08. The second-order valence-electron chi connectivity index (χ2n) is 2.15. The molecule has 1 aromatic carbocycles. The third-order valence-corrected chi connectivity index (χ3v) is 1.27. The summed E-state index contributed by atoms with van der Waals surface area (Å²) in [5.41, 5.74) is 2.34. The minimum atomic E-state index is 0. The van der Waals surface area contributed by atoms with Crippen molar-refractivity contribution in [2.24, 2.45) is 0 Å². The van der Waals surface area contributed by atoms with Crippen molar-refractivity contribution in [2.45, 2.75) is 6.92 Å². The molecule has 3 radical (unpaired) electrons. The van der Waals surface area contributed by atoms with Crippen molar-refractivity contribution < 1.29 is 0 Å². The van der Waals surface area contributed by atoms with Crippen LogP contribution in [-0.4, -0.2) is 8.41 Å². The van der Waals surface area contributed by atoms with Gasteiger partial charge in [-0.3, -0.25) is 0 Å². The number of hydrogen-bond donors (Lipinski definition) is 0. The molecule has 0 amide bonds. The van der Waals surface area contributed by atoms with E-state index in [4.69, 9.17) is 0 Å². The van der Waals surface area contributed by atoms with Crippen LogP contribution in [0.2, 0.25) is 0 Å². The molecule has 0 spiro atoms. The van der Waals surface area contributed by atoms with Crippen LogP contribution >= 0.6 is 0 Å². The number of hydrogen-bond acceptors (Lipinski definition) is 0. The van der Waals surface area contributed by atoms with Crippen LogP contribution in [0.3, 0.4) is 0 Å². The van der Waals surface area contributed by atoms with Crippen LogP contribution in [0.1, 0.15) is 12.5 Å². The molecule has 1 aromatic rings. The maximum Gasteiger partial charge on any atom is 0 e. The van der Waals surface area contributed by atoms with Crippen molar-refractivity contribution >= 4 is 14.0 Å². The van der Waals surface area contributed by atoms with E-state index in [0.717, 1.165) is 5.57 Å². The van der Waals surface area contributed by atoms with Crippen molar-refractivity contribution in [3.8, 4) is 0 Å². The normalized spacial score (nSPS) is 8.10. The van der Waals surface area contributed by atoms with Crippen molar-refractivity contribution in [3.05, 3.63) is 42.5 Å². The fourth-order valence-corrected chi connectivity index (χ4v) is 0.723. The molecule has 0 unspecified atom stereocenters. The molecule has 0 heterocycles. The van der Waals surface area contributed by atoms with E-state index >= 15 is 0 Å². The molecule has 0 aliphatic rings. The number of rotatable bonds is 1. The zero-order valence-electron chi connectivity index (χ0n) is 6.17. The molecule has 0 aromatic heterocycles. The summed E-state index contributed by atoms with van der Waals surface area (Å²) in [6.07, 6.45) is 0. The molecular formula is C9H10B. The SMILES string of the molecule is C=C(C)c1ccccc1.[B]. The second-order valence-corrected chi connectivity index (χ2v) is 2.15. The highest BCUT2D eigenvalue weighted by atomic mass is 13.9. The summed E-state index contributed by atoms with van der Waals surface area (Å²) >= 11 is 0. The van der Waals surface area contributed by atoms with Gasteiger partial charge >= 0.3 is 0 Å². The first kappa shape index (κ1) is 9.02. The van der Waals surface area contributed by atoms with Crippen molar-refractivity contribution in [2.75, 3.05) is 0 Å². The molecule has 0 N–H and O–H groups in total.